The minimum Gasteiger partial charge on any atom is -0.481 e. The highest BCUT2D eigenvalue weighted by atomic mass is 16.5. The van der Waals surface area contributed by atoms with Gasteiger partial charge < -0.3 is 15.2 Å². The second-order valence-corrected chi connectivity index (χ2v) is 6.36. The van der Waals surface area contributed by atoms with E-state index in [1.807, 2.05) is 32.9 Å². The van der Waals surface area contributed by atoms with Gasteiger partial charge in [0.25, 0.3) is 0 Å². The Morgan fingerprint density at radius 1 is 1.29 bits per heavy atom. The molecule has 0 aliphatic heterocycles. The molecule has 0 aromatic heterocycles. The average Bonchev–Trinajstić information content (AvgIpc) is 3.02. The summed E-state index contributed by atoms with van der Waals surface area (Å²) in [6.07, 6.45) is 4.74. The van der Waals surface area contributed by atoms with E-state index in [4.69, 9.17) is 4.74 Å². The minimum atomic E-state index is -0.863. The molecule has 21 heavy (non-hydrogen) atoms. The van der Waals surface area contributed by atoms with Gasteiger partial charge in [-0.15, -0.1) is 0 Å². The monoisotopic (exact) mass is 295 g/mol. The van der Waals surface area contributed by atoms with Gasteiger partial charge in [-0.05, 0) is 31.1 Å². The van der Waals surface area contributed by atoms with Crippen molar-refractivity contribution in [2.45, 2.75) is 33.2 Å². The topological polar surface area (TPSA) is 75.6 Å². The first-order valence-corrected chi connectivity index (χ1v) is 7.75. The van der Waals surface area contributed by atoms with E-state index in [2.05, 4.69) is 5.32 Å². The summed E-state index contributed by atoms with van der Waals surface area (Å²) in [6, 6.07) is -0.0741. The summed E-state index contributed by atoms with van der Waals surface area (Å²) in [5.74, 6) is -1.71. The standard InChI is InChI=1S/C16H25NO4/c1-4-21-8-12(9(2)3)17-15(18)13-10-5-6-11(7-10)14(13)16(19)20/h5-6,9-14H,4,7-8H2,1-3H3,(H,17,18)(H,19,20). The molecule has 0 saturated heterocycles. The highest BCUT2D eigenvalue weighted by Gasteiger charge is 2.51. The van der Waals surface area contributed by atoms with Crippen molar-refractivity contribution in [3.05, 3.63) is 12.2 Å². The molecule has 0 aromatic rings. The van der Waals surface area contributed by atoms with Crippen LogP contribution < -0.4 is 5.32 Å². The van der Waals surface area contributed by atoms with Crippen molar-refractivity contribution in [2.24, 2.45) is 29.6 Å². The Hall–Kier alpha value is -1.36. The van der Waals surface area contributed by atoms with Gasteiger partial charge in [0.15, 0.2) is 0 Å². The van der Waals surface area contributed by atoms with Gasteiger partial charge in [0.1, 0.15) is 0 Å². The van der Waals surface area contributed by atoms with Crippen molar-refractivity contribution in [2.75, 3.05) is 13.2 Å². The first-order valence-electron chi connectivity index (χ1n) is 7.75. The van der Waals surface area contributed by atoms with E-state index >= 15 is 0 Å². The maximum Gasteiger partial charge on any atom is 0.307 e. The molecule has 2 aliphatic carbocycles. The Labute approximate surface area is 125 Å². The van der Waals surface area contributed by atoms with Gasteiger partial charge in [-0.1, -0.05) is 26.0 Å². The fourth-order valence-electron chi connectivity index (χ4n) is 3.44. The van der Waals surface area contributed by atoms with Crippen molar-refractivity contribution >= 4 is 11.9 Å². The molecule has 5 atom stereocenters. The SMILES string of the molecule is CCOCC(NC(=O)C1C2C=CC(C2)C1C(=O)O)C(C)C. The van der Waals surface area contributed by atoms with Crippen LogP contribution in [0.4, 0.5) is 0 Å². The van der Waals surface area contributed by atoms with Crippen LogP contribution in [-0.4, -0.2) is 36.2 Å². The molecule has 5 nitrogen and oxygen atoms in total. The Balaban J connectivity index is 2.04. The number of amides is 1. The number of hydrogen-bond acceptors (Lipinski definition) is 3. The van der Waals surface area contributed by atoms with Crippen LogP contribution in [0.25, 0.3) is 0 Å². The number of carboxylic acids is 1. The Kier molecular flexibility index (Phi) is 5.04. The van der Waals surface area contributed by atoms with Gasteiger partial charge in [-0.3, -0.25) is 9.59 Å². The van der Waals surface area contributed by atoms with Gasteiger partial charge in [-0.25, -0.2) is 0 Å². The summed E-state index contributed by atoms with van der Waals surface area (Å²) in [4.78, 5) is 24.0. The molecular weight excluding hydrogens is 270 g/mol. The second kappa shape index (κ2) is 6.60. The number of ether oxygens (including phenoxy) is 1. The summed E-state index contributed by atoms with van der Waals surface area (Å²) in [5.41, 5.74) is 0. The van der Waals surface area contributed by atoms with Crippen molar-refractivity contribution < 1.29 is 19.4 Å². The lowest BCUT2D eigenvalue weighted by molar-refractivity contribution is -0.148. The molecule has 0 aromatic carbocycles. The predicted molar refractivity (Wildman–Crippen MR) is 78.6 cm³/mol. The van der Waals surface area contributed by atoms with E-state index < -0.39 is 17.8 Å². The van der Waals surface area contributed by atoms with Crippen LogP contribution >= 0.6 is 0 Å². The van der Waals surface area contributed by atoms with E-state index in [-0.39, 0.29) is 29.7 Å². The van der Waals surface area contributed by atoms with E-state index in [0.29, 0.717) is 13.2 Å². The molecule has 1 fully saturated rings. The molecule has 1 saturated carbocycles. The quantitative estimate of drug-likeness (QED) is 0.701. The fraction of sp³-hybridized carbons (Fsp3) is 0.750. The van der Waals surface area contributed by atoms with Crippen LogP contribution in [0.5, 0.6) is 0 Å². The number of allylic oxidation sites excluding steroid dienone is 2. The number of fused-ring (bicyclic) bond motifs is 2. The van der Waals surface area contributed by atoms with E-state index in [1.165, 1.54) is 0 Å². The molecular formula is C16H25NO4. The zero-order chi connectivity index (χ0) is 15.6. The number of carbonyl (C=O) groups is 2. The van der Waals surface area contributed by atoms with Crippen LogP contribution in [0.2, 0.25) is 0 Å². The van der Waals surface area contributed by atoms with Crippen LogP contribution in [0, 0.1) is 29.6 Å². The summed E-state index contributed by atoms with van der Waals surface area (Å²) >= 11 is 0. The van der Waals surface area contributed by atoms with Crippen LogP contribution in [0.1, 0.15) is 27.2 Å². The van der Waals surface area contributed by atoms with Crippen LogP contribution in [-0.2, 0) is 14.3 Å². The highest BCUT2D eigenvalue weighted by Crippen LogP contribution is 2.48. The molecule has 2 N–H and O–H groups in total. The zero-order valence-corrected chi connectivity index (χ0v) is 12.9. The highest BCUT2D eigenvalue weighted by molar-refractivity contribution is 5.87. The molecule has 5 heteroatoms. The minimum absolute atomic E-state index is 0.00708. The van der Waals surface area contributed by atoms with Gasteiger partial charge in [-0.2, -0.15) is 0 Å². The van der Waals surface area contributed by atoms with Crippen molar-refractivity contribution in [3.63, 3.8) is 0 Å². The fourth-order valence-corrected chi connectivity index (χ4v) is 3.44. The van der Waals surface area contributed by atoms with E-state index in [1.54, 1.807) is 0 Å². The first-order chi connectivity index (χ1) is 9.95. The van der Waals surface area contributed by atoms with Crippen LogP contribution in [0.3, 0.4) is 0 Å². The van der Waals surface area contributed by atoms with E-state index in [9.17, 15) is 14.7 Å². The van der Waals surface area contributed by atoms with Crippen molar-refractivity contribution in [1.82, 2.24) is 5.32 Å². The number of nitrogens with one attached hydrogen (secondary N) is 1. The molecule has 2 rings (SSSR count). The lowest BCUT2D eigenvalue weighted by Gasteiger charge is -2.28. The van der Waals surface area contributed by atoms with Crippen molar-refractivity contribution in [3.8, 4) is 0 Å². The number of aliphatic carboxylic acids is 1. The predicted octanol–water partition coefficient (Wildman–Crippen LogP) is 1.69. The average molecular weight is 295 g/mol. The third-order valence-electron chi connectivity index (χ3n) is 4.68. The van der Waals surface area contributed by atoms with E-state index in [0.717, 1.165) is 6.42 Å². The maximum atomic E-state index is 12.6. The number of carbonyl (C=O) groups excluding carboxylic acids is 1. The Morgan fingerprint density at radius 2 is 1.90 bits per heavy atom. The van der Waals surface area contributed by atoms with Gasteiger partial charge in [0.2, 0.25) is 5.91 Å². The smallest absolute Gasteiger partial charge is 0.307 e. The molecule has 2 bridgehead atoms. The summed E-state index contributed by atoms with van der Waals surface area (Å²) in [7, 11) is 0. The number of hydrogen-bond donors (Lipinski definition) is 2. The maximum absolute atomic E-state index is 12.6. The molecule has 118 valence electrons. The lowest BCUT2D eigenvalue weighted by atomic mass is 9.82. The Morgan fingerprint density at radius 3 is 2.43 bits per heavy atom. The molecule has 0 radical (unpaired) electrons. The summed E-state index contributed by atoms with van der Waals surface area (Å²) in [5, 5.41) is 12.4. The molecule has 2 aliphatic rings. The third kappa shape index (κ3) is 3.28. The third-order valence-corrected chi connectivity index (χ3v) is 4.68. The molecule has 5 unspecified atom stereocenters. The lowest BCUT2D eigenvalue weighted by Crippen LogP contribution is -2.48. The summed E-state index contributed by atoms with van der Waals surface area (Å²) < 4.78 is 5.41. The molecule has 0 spiro atoms. The number of carboxylic acid groups (broad SMARTS) is 1. The molecule has 0 heterocycles. The zero-order valence-electron chi connectivity index (χ0n) is 12.9. The van der Waals surface area contributed by atoms with Crippen LogP contribution in [0.15, 0.2) is 12.2 Å². The summed E-state index contributed by atoms with van der Waals surface area (Å²) in [6.45, 7) is 7.04. The Bertz CT molecular complexity index is 432. The first kappa shape index (κ1) is 16.0. The normalized spacial score (nSPS) is 31.6. The molecule has 1 amide bonds. The van der Waals surface area contributed by atoms with Gasteiger partial charge in [0, 0.05) is 6.61 Å². The second-order valence-electron chi connectivity index (χ2n) is 6.36. The van der Waals surface area contributed by atoms with Gasteiger partial charge >= 0.3 is 5.97 Å². The largest absolute Gasteiger partial charge is 0.481 e. The number of rotatable bonds is 7. The van der Waals surface area contributed by atoms with Crippen molar-refractivity contribution in [1.29, 1.82) is 0 Å². The van der Waals surface area contributed by atoms with Gasteiger partial charge in [0.05, 0.1) is 24.5 Å².